The zero-order chi connectivity index (χ0) is 14.7. The fourth-order valence-corrected chi connectivity index (χ4v) is 1.75. The second kappa shape index (κ2) is 6.00. The van der Waals surface area contributed by atoms with Crippen LogP contribution in [-0.4, -0.2) is 23.9 Å². The molecule has 4 N–H and O–H groups in total. The van der Waals surface area contributed by atoms with Gasteiger partial charge in [0.15, 0.2) is 0 Å². The molecular weight excluding hydrogens is 261 g/mol. The van der Waals surface area contributed by atoms with E-state index in [-0.39, 0.29) is 18.0 Å². The van der Waals surface area contributed by atoms with Crippen LogP contribution in [0, 0.1) is 5.82 Å². The lowest BCUT2D eigenvalue weighted by atomic mass is 10.1. The quantitative estimate of drug-likeness (QED) is 0.716. The van der Waals surface area contributed by atoms with Crippen LogP contribution in [-0.2, 0) is 11.3 Å². The van der Waals surface area contributed by atoms with E-state index in [2.05, 4.69) is 10.6 Å². The van der Waals surface area contributed by atoms with Gasteiger partial charge in [0.2, 0.25) is 11.8 Å². The van der Waals surface area contributed by atoms with Crippen LogP contribution in [0.2, 0.25) is 0 Å². The topological polar surface area (TPSA) is 84.2 Å². The van der Waals surface area contributed by atoms with Crippen molar-refractivity contribution in [3.63, 3.8) is 0 Å². The van der Waals surface area contributed by atoms with Crippen LogP contribution in [0.3, 0.4) is 0 Å². The van der Waals surface area contributed by atoms with Gasteiger partial charge in [-0.1, -0.05) is 6.07 Å². The number of benzene rings is 1. The molecular formula is C14H18FN3O2. The molecule has 1 aromatic carbocycles. The van der Waals surface area contributed by atoms with E-state index in [4.69, 9.17) is 5.73 Å². The number of carbonyl (C=O) groups is 2. The number of hydrogen-bond donors (Lipinski definition) is 3. The van der Waals surface area contributed by atoms with Crippen LogP contribution in [0.4, 0.5) is 4.39 Å². The van der Waals surface area contributed by atoms with E-state index in [9.17, 15) is 14.0 Å². The molecule has 1 aromatic rings. The molecule has 1 saturated carbocycles. The van der Waals surface area contributed by atoms with E-state index in [1.165, 1.54) is 12.1 Å². The summed E-state index contributed by atoms with van der Waals surface area (Å²) >= 11 is 0. The summed E-state index contributed by atoms with van der Waals surface area (Å²) in [4.78, 5) is 22.6. The first-order chi connectivity index (χ1) is 9.47. The normalized spacial score (nSPS) is 15.7. The summed E-state index contributed by atoms with van der Waals surface area (Å²) in [5.41, 5.74) is 5.59. The van der Waals surface area contributed by atoms with E-state index >= 15 is 0 Å². The van der Waals surface area contributed by atoms with Gasteiger partial charge in [0, 0.05) is 23.7 Å². The van der Waals surface area contributed by atoms with E-state index in [0.29, 0.717) is 11.6 Å². The number of amides is 2. The maximum Gasteiger partial charge on any atom is 0.248 e. The predicted molar refractivity (Wildman–Crippen MR) is 72.4 cm³/mol. The summed E-state index contributed by atoms with van der Waals surface area (Å²) in [5, 5.41) is 5.83. The Hall–Kier alpha value is -1.95. The molecule has 0 radical (unpaired) electrons. The van der Waals surface area contributed by atoms with Gasteiger partial charge in [0.25, 0.3) is 0 Å². The predicted octanol–water partition coefficient (Wildman–Crippen LogP) is 0.681. The van der Waals surface area contributed by atoms with Crippen molar-refractivity contribution in [3.05, 3.63) is 35.1 Å². The van der Waals surface area contributed by atoms with Gasteiger partial charge in [0.05, 0.1) is 6.04 Å². The molecule has 108 valence electrons. The molecule has 20 heavy (non-hydrogen) atoms. The minimum atomic E-state index is -0.666. The summed E-state index contributed by atoms with van der Waals surface area (Å²) in [6.45, 7) is 1.94. The van der Waals surface area contributed by atoms with Crippen molar-refractivity contribution in [2.45, 2.75) is 38.4 Å². The lowest BCUT2D eigenvalue weighted by Crippen LogP contribution is -2.42. The highest BCUT2D eigenvalue weighted by molar-refractivity contribution is 5.92. The first-order valence-electron chi connectivity index (χ1n) is 6.59. The van der Waals surface area contributed by atoms with Crippen molar-refractivity contribution in [1.29, 1.82) is 0 Å². The molecule has 5 nitrogen and oxygen atoms in total. The molecule has 1 atom stereocenters. The van der Waals surface area contributed by atoms with Crippen molar-refractivity contribution in [2.75, 3.05) is 0 Å². The van der Waals surface area contributed by atoms with E-state index < -0.39 is 17.8 Å². The van der Waals surface area contributed by atoms with Crippen molar-refractivity contribution in [3.8, 4) is 0 Å². The molecule has 2 rings (SSSR count). The van der Waals surface area contributed by atoms with Crippen LogP contribution < -0.4 is 16.4 Å². The monoisotopic (exact) mass is 279 g/mol. The van der Waals surface area contributed by atoms with Gasteiger partial charge in [0.1, 0.15) is 5.82 Å². The molecule has 0 aliphatic heterocycles. The summed E-state index contributed by atoms with van der Waals surface area (Å²) < 4.78 is 13.7. The lowest BCUT2D eigenvalue weighted by molar-refractivity contribution is -0.122. The summed E-state index contributed by atoms with van der Waals surface area (Å²) in [5.74, 6) is -1.26. The third-order valence-electron chi connectivity index (χ3n) is 3.25. The van der Waals surface area contributed by atoms with Gasteiger partial charge in [-0.2, -0.15) is 0 Å². The van der Waals surface area contributed by atoms with E-state index in [1.807, 2.05) is 0 Å². The molecule has 2 amide bonds. The molecule has 0 aromatic heterocycles. The highest BCUT2D eigenvalue weighted by Gasteiger charge is 2.25. The number of nitrogens with one attached hydrogen (secondary N) is 2. The fraction of sp³-hybridized carbons (Fsp3) is 0.429. The third kappa shape index (κ3) is 3.77. The van der Waals surface area contributed by atoms with Gasteiger partial charge >= 0.3 is 0 Å². The molecule has 1 aliphatic carbocycles. The number of nitrogens with two attached hydrogens (primary N) is 1. The highest BCUT2D eigenvalue weighted by Crippen LogP contribution is 2.18. The van der Waals surface area contributed by atoms with Crippen LogP contribution in [0.1, 0.15) is 35.7 Å². The Morgan fingerprint density at radius 1 is 1.45 bits per heavy atom. The van der Waals surface area contributed by atoms with Gasteiger partial charge in [-0.15, -0.1) is 0 Å². The van der Waals surface area contributed by atoms with Crippen molar-refractivity contribution < 1.29 is 14.0 Å². The second-order valence-electron chi connectivity index (χ2n) is 5.06. The smallest absolute Gasteiger partial charge is 0.248 e. The highest BCUT2D eigenvalue weighted by atomic mass is 19.1. The summed E-state index contributed by atoms with van der Waals surface area (Å²) in [6, 6.07) is 3.98. The molecule has 0 saturated heterocycles. The first kappa shape index (κ1) is 14.5. The second-order valence-corrected chi connectivity index (χ2v) is 5.06. The van der Waals surface area contributed by atoms with Crippen LogP contribution in [0.5, 0.6) is 0 Å². The molecule has 0 spiro atoms. The SMILES string of the molecule is CC(NCc1ccc(C(N)=O)cc1F)C(=O)NC1CC1. The van der Waals surface area contributed by atoms with Crippen LogP contribution in [0.25, 0.3) is 0 Å². The third-order valence-corrected chi connectivity index (χ3v) is 3.25. The molecule has 6 heteroatoms. The lowest BCUT2D eigenvalue weighted by Gasteiger charge is -2.14. The first-order valence-corrected chi connectivity index (χ1v) is 6.59. The van der Waals surface area contributed by atoms with Crippen molar-refractivity contribution >= 4 is 11.8 Å². The standard InChI is InChI=1S/C14H18FN3O2/c1-8(14(20)18-11-4-5-11)17-7-10-3-2-9(13(16)19)6-12(10)15/h2-3,6,8,11,17H,4-5,7H2,1H3,(H2,16,19)(H,18,20). The minimum absolute atomic E-state index is 0.0818. The fourth-order valence-electron chi connectivity index (χ4n) is 1.75. The largest absolute Gasteiger partial charge is 0.366 e. The molecule has 0 bridgehead atoms. The maximum atomic E-state index is 13.7. The number of rotatable bonds is 6. The zero-order valence-corrected chi connectivity index (χ0v) is 11.3. The van der Waals surface area contributed by atoms with Crippen molar-refractivity contribution in [1.82, 2.24) is 10.6 Å². The van der Waals surface area contributed by atoms with Crippen LogP contribution in [0.15, 0.2) is 18.2 Å². The number of primary amides is 1. The molecule has 1 unspecified atom stereocenters. The average molecular weight is 279 g/mol. The van der Waals surface area contributed by atoms with Gasteiger partial charge < -0.3 is 16.4 Å². The van der Waals surface area contributed by atoms with Crippen LogP contribution >= 0.6 is 0 Å². The van der Waals surface area contributed by atoms with Gasteiger partial charge in [-0.25, -0.2) is 4.39 Å². The average Bonchev–Trinajstić information content (AvgIpc) is 3.20. The Morgan fingerprint density at radius 3 is 2.70 bits per heavy atom. The molecule has 1 fully saturated rings. The molecule has 0 heterocycles. The minimum Gasteiger partial charge on any atom is -0.366 e. The Morgan fingerprint density at radius 2 is 2.15 bits per heavy atom. The Kier molecular flexibility index (Phi) is 4.34. The van der Waals surface area contributed by atoms with Gasteiger partial charge in [-0.05, 0) is 31.9 Å². The van der Waals surface area contributed by atoms with Gasteiger partial charge in [-0.3, -0.25) is 9.59 Å². The number of hydrogen-bond acceptors (Lipinski definition) is 3. The summed E-state index contributed by atoms with van der Waals surface area (Å²) in [6.07, 6.45) is 2.06. The Balaban J connectivity index is 1.89. The Labute approximate surface area is 116 Å². The summed E-state index contributed by atoms with van der Waals surface area (Å²) in [7, 11) is 0. The maximum absolute atomic E-state index is 13.7. The molecule has 1 aliphatic rings. The Bertz CT molecular complexity index is 529. The van der Waals surface area contributed by atoms with Crippen molar-refractivity contribution in [2.24, 2.45) is 5.73 Å². The number of halogens is 1. The van der Waals surface area contributed by atoms with E-state index in [0.717, 1.165) is 18.9 Å². The number of carbonyl (C=O) groups excluding carboxylic acids is 2. The van der Waals surface area contributed by atoms with E-state index in [1.54, 1.807) is 6.92 Å². The zero-order valence-electron chi connectivity index (χ0n) is 11.3.